The first-order chi connectivity index (χ1) is 17.4. The number of carbonyl (C=O) groups is 2. The van der Waals surface area contributed by atoms with Gasteiger partial charge in [0, 0.05) is 42.0 Å². The number of rotatable bonds is 12. The van der Waals surface area contributed by atoms with Crippen molar-refractivity contribution < 1.29 is 19.1 Å². The zero-order valence-corrected chi connectivity index (χ0v) is 21.9. The van der Waals surface area contributed by atoms with E-state index in [1.807, 2.05) is 54.6 Å². The molecule has 0 aliphatic rings. The highest BCUT2D eigenvalue weighted by molar-refractivity contribution is 6.36. The summed E-state index contributed by atoms with van der Waals surface area (Å²) >= 11 is 12.8. The van der Waals surface area contributed by atoms with Gasteiger partial charge in [0.25, 0.3) is 0 Å². The minimum absolute atomic E-state index is 0.113. The molecule has 0 aliphatic carbocycles. The van der Waals surface area contributed by atoms with Crippen LogP contribution in [0.2, 0.25) is 10.0 Å². The number of halogens is 2. The number of hydrogen-bond donors (Lipinski definition) is 1. The average molecular weight is 529 g/mol. The molecule has 0 fully saturated rings. The summed E-state index contributed by atoms with van der Waals surface area (Å²) in [5.41, 5.74) is 1.54. The molecule has 0 spiro atoms. The van der Waals surface area contributed by atoms with Crippen LogP contribution in [0.3, 0.4) is 0 Å². The van der Waals surface area contributed by atoms with E-state index in [2.05, 4.69) is 5.32 Å². The van der Waals surface area contributed by atoms with Gasteiger partial charge in [-0.1, -0.05) is 59.6 Å². The summed E-state index contributed by atoms with van der Waals surface area (Å²) < 4.78 is 10.9. The van der Waals surface area contributed by atoms with E-state index in [1.165, 1.54) is 0 Å². The fourth-order valence-corrected chi connectivity index (χ4v) is 4.32. The van der Waals surface area contributed by atoms with Crippen molar-refractivity contribution in [2.45, 2.75) is 31.8 Å². The molecule has 6 nitrogen and oxygen atoms in total. The van der Waals surface area contributed by atoms with Crippen LogP contribution in [0.25, 0.3) is 0 Å². The lowest BCUT2D eigenvalue weighted by atomic mass is 10.0. The number of methoxy groups -OCH3 is 1. The highest BCUT2D eigenvalue weighted by Crippen LogP contribution is 2.27. The summed E-state index contributed by atoms with van der Waals surface area (Å²) in [6, 6.07) is 21.3. The van der Waals surface area contributed by atoms with Crippen molar-refractivity contribution >= 4 is 35.0 Å². The maximum absolute atomic E-state index is 13.5. The maximum atomic E-state index is 13.5. The Balaban J connectivity index is 1.77. The summed E-state index contributed by atoms with van der Waals surface area (Å²) in [5, 5.41) is 3.59. The molecule has 8 heteroatoms. The average Bonchev–Trinajstić information content (AvgIpc) is 2.90. The first-order valence-corrected chi connectivity index (χ1v) is 12.4. The van der Waals surface area contributed by atoms with E-state index in [-0.39, 0.29) is 24.8 Å². The van der Waals surface area contributed by atoms with Gasteiger partial charge in [-0.2, -0.15) is 0 Å². The molecule has 3 aromatic rings. The monoisotopic (exact) mass is 528 g/mol. The molecule has 1 atom stereocenters. The number of ether oxygens (including phenoxy) is 2. The van der Waals surface area contributed by atoms with Crippen molar-refractivity contribution in [2.24, 2.45) is 0 Å². The number of hydrogen-bond acceptors (Lipinski definition) is 4. The van der Waals surface area contributed by atoms with Crippen molar-refractivity contribution in [1.82, 2.24) is 10.2 Å². The van der Waals surface area contributed by atoms with Gasteiger partial charge in [0.1, 0.15) is 17.5 Å². The fourth-order valence-electron chi connectivity index (χ4n) is 3.80. The predicted molar refractivity (Wildman–Crippen MR) is 143 cm³/mol. The molecule has 0 aliphatic heterocycles. The summed E-state index contributed by atoms with van der Waals surface area (Å²) in [7, 11) is 3.17. The van der Waals surface area contributed by atoms with Gasteiger partial charge in [-0.15, -0.1) is 0 Å². The van der Waals surface area contributed by atoms with Gasteiger partial charge >= 0.3 is 0 Å². The number of likely N-dealkylation sites (N-methyl/N-ethyl adjacent to an activating group) is 1. The Bertz CT molecular complexity index is 1120. The minimum atomic E-state index is -0.736. The molecular formula is C28H30Cl2N2O4. The fraction of sp³-hybridized carbons (Fsp3) is 0.286. The first kappa shape index (κ1) is 27.4. The Morgan fingerprint density at radius 2 is 1.56 bits per heavy atom. The number of nitrogens with one attached hydrogen (secondary N) is 1. The first-order valence-electron chi connectivity index (χ1n) is 11.7. The van der Waals surface area contributed by atoms with E-state index >= 15 is 0 Å². The van der Waals surface area contributed by atoms with E-state index < -0.39 is 6.04 Å². The normalized spacial score (nSPS) is 11.4. The summed E-state index contributed by atoms with van der Waals surface area (Å²) in [4.78, 5) is 28.1. The Morgan fingerprint density at radius 3 is 2.17 bits per heavy atom. The van der Waals surface area contributed by atoms with Crippen LogP contribution in [0.15, 0.2) is 72.8 Å². The number of amides is 2. The lowest BCUT2D eigenvalue weighted by molar-refractivity contribution is -0.141. The molecule has 36 heavy (non-hydrogen) atoms. The zero-order chi connectivity index (χ0) is 25.9. The number of nitrogens with zero attached hydrogens (tertiary/aromatic N) is 1. The molecule has 2 amide bonds. The topological polar surface area (TPSA) is 67.9 Å². The third kappa shape index (κ3) is 7.64. The molecule has 0 aromatic heterocycles. The van der Waals surface area contributed by atoms with Crippen molar-refractivity contribution in [1.29, 1.82) is 0 Å². The van der Waals surface area contributed by atoms with Gasteiger partial charge in [0.05, 0.1) is 13.7 Å². The van der Waals surface area contributed by atoms with Gasteiger partial charge in [-0.3, -0.25) is 9.59 Å². The third-order valence-corrected chi connectivity index (χ3v) is 6.48. The quantitative estimate of drug-likeness (QED) is 0.313. The van der Waals surface area contributed by atoms with Gasteiger partial charge < -0.3 is 19.7 Å². The largest absolute Gasteiger partial charge is 0.497 e. The van der Waals surface area contributed by atoms with Crippen molar-refractivity contribution in [3.05, 3.63) is 94.0 Å². The Morgan fingerprint density at radius 1 is 0.917 bits per heavy atom. The van der Waals surface area contributed by atoms with Gasteiger partial charge in [0.15, 0.2) is 0 Å². The zero-order valence-electron chi connectivity index (χ0n) is 20.4. The number of carbonyl (C=O) groups excluding carboxylic acids is 2. The van der Waals surface area contributed by atoms with Gasteiger partial charge in [-0.05, 0) is 48.4 Å². The summed E-state index contributed by atoms with van der Waals surface area (Å²) in [5.74, 6) is 0.985. The van der Waals surface area contributed by atoms with E-state index in [4.69, 9.17) is 32.7 Å². The SMILES string of the molecule is CNC(=O)C(Cc1ccccc1)N(Cc1c(Cl)cccc1Cl)C(=O)CCCOc1ccc(OC)cc1. The molecule has 0 saturated heterocycles. The lowest BCUT2D eigenvalue weighted by Crippen LogP contribution is -2.49. The van der Waals surface area contributed by atoms with Crippen molar-refractivity contribution in [3.63, 3.8) is 0 Å². The smallest absolute Gasteiger partial charge is 0.242 e. The van der Waals surface area contributed by atoms with E-state index in [9.17, 15) is 9.59 Å². The second kappa shape index (κ2) is 13.8. The van der Waals surface area contributed by atoms with E-state index in [0.717, 1.165) is 11.3 Å². The predicted octanol–water partition coefficient (Wildman–Crippen LogP) is 5.55. The van der Waals surface area contributed by atoms with Crippen LogP contribution < -0.4 is 14.8 Å². The Labute approximate surface area is 222 Å². The molecule has 0 heterocycles. The molecular weight excluding hydrogens is 499 g/mol. The molecule has 0 saturated carbocycles. The maximum Gasteiger partial charge on any atom is 0.242 e. The Kier molecular flexibility index (Phi) is 10.5. The number of benzene rings is 3. The molecule has 0 bridgehead atoms. The summed E-state index contributed by atoms with van der Waals surface area (Å²) in [6.45, 7) is 0.462. The second-order valence-corrected chi connectivity index (χ2v) is 8.98. The van der Waals surface area contributed by atoms with Gasteiger partial charge in [0.2, 0.25) is 11.8 Å². The van der Waals surface area contributed by atoms with Crippen LogP contribution in [-0.4, -0.2) is 43.5 Å². The van der Waals surface area contributed by atoms with Crippen LogP contribution in [-0.2, 0) is 22.6 Å². The van der Waals surface area contributed by atoms with Crippen molar-refractivity contribution in [2.75, 3.05) is 20.8 Å². The van der Waals surface area contributed by atoms with Crippen LogP contribution >= 0.6 is 23.2 Å². The lowest BCUT2D eigenvalue weighted by Gasteiger charge is -2.31. The van der Waals surface area contributed by atoms with Gasteiger partial charge in [-0.25, -0.2) is 0 Å². The van der Waals surface area contributed by atoms with Crippen LogP contribution in [0, 0.1) is 0 Å². The van der Waals surface area contributed by atoms with Crippen LogP contribution in [0.5, 0.6) is 11.5 Å². The standard InChI is InChI=1S/C28H30Cl2N2O4/c1-31-28(34)26(18-20-8-4-3-5-9-20)32(19-23-24(29)10-6-11-25(23)30)27(33)12-7-17-36-22-15-13-21(35-2)14-16-22/h3-6,8-11,13-16,26H,7,12,17-19H2,1-2H3,(H,31,34). The molecule has 1 N–H and O–H groups in total. The third-order valence-electron chi connectivity index (χ3n) is 5.77. The van der Waals surface area contributed by atoms with Crippen molar-refractivity contribution in [3.8, 4) is 11.5 Å². The molecule has 3 rings (SSSR count). The molecule has 190 valence electrons. The highest BCUT2D eigenvalue weighted by Gasteiger charge is 2.30. The second-order valence-electron chi connectivity index (χ2n) is 8.17. The molecule has 3 aromatic carbocycles. The van der Waals surface area contributed by atoms with Crippen LogP contribution in [0.4, 0.5) is 0 Å². The molecule has 0 radical (unpaired) electrons. The minimum Gasteiger partial charge on any atom is -0.497 e. The summed E-state index contributed by atoms with van der Waals surface area (Å²) in [6.07, 6.45) is 1.03. The van der Waals surface area contributed by atoms with E-state index in [0.29, 0.717) is 40.8 Å². The Hall–Kier alpha value is -3.22. The van der Waals surface area contributed by atoms with E-state index in [1.54, 1.807) is 37.3 Å². The highest BCUT2D eigenvalue weighted by atomic mass is 35.5. The van der Waals surface area contributed by atoms with Crippen LogP contribution in [0.1, 0.15) is 24.0 Å². The molecule has 1 unspecified atom stereocenters.